The second kappa shape index (κ2) is 11.5. The number of rotatable bonds is 7. The van der Waals surface area contributed by atoms with Crippen LogP contribution in [0.3, 0.4) is 0 Å². The maximum Gasteiger partial charge on any atom is 0.416 e. The molecular formula is C29H34F6N2O2. The Morgan fingerprint density at radius 3 is 2.10 bits per heavy atom. The van der Waals surface area contributed by atoms with Gasteiger partial charge in [-0.15, -0.1) is 0 Å². The van der Waals surface area contributed by atoms with Crippen LogP contribution in [0, 0.1) is 12.3 Å². The fourth-order valence-corrected chi connectivity index (χ4v) is 6.10. The van der Waals surface area contributed by atoms with E-state index in [-0.39, 0.29) is 30.7 Å². The molecule has 0 aromatic heterocycles. The van der Waals surface area contributed by atoms with Crippen molar-refractivity contribution < 1.29 is 36.2 Å². The third kappa shape index (κ3) is 6.95. The summed E-state index contributed by atoms with van der Waals surface area (Å²) in [7, 11) is 0. The quantitative estimate of drug-likeness (QED) is 0.386. The summed E-state index contributed by atoms with van der Waals surface area (Å²) >= 11 is 0. The summed E-state index contributed by atoms with van der Waals surface area (Å²) in [5, 5.41) is 12.3. The van der Waals surface area contributed by atoms with Gasteiger partial charge < -0.3 is 15.3 Å². The molecule has 0 radical (unpaired) electrons. The number of halogens is 6. The van der Waals surface area contributed by atoms with Gasteiger partial charge in [-0.05, 0) is 93.8 Å². The molecule has 4 rings (SSSR count). The number of likely N-dealkylation sites (tertiary alicyclic amines) is 1. The van der Waals surface area contributed by atoms with Gasteiger partial charge in [0.2, 0.25) is 5.91 Å². The zero-order valence-corrected chi connectivity index (χ0v) is 21.8. The van der Waals surface area contributed by atoms with E-state index in [9.17, 15) is 36.2 Å². The van der Waals surface area contributed by atoms with Gasteiger partial charge in [-0.3, -0.25) is 4.79 Å². The fraction of sp³-hybridized carbons (Fsp3) is 0.552. The van der Waals surface area contributed by atoms with Crippen LogP contribution in [-0.4, -0.2) is 41.7 Å². The van der Waals surface area contributed by atoms with E-state index in [1.54, 1.807) is 0 Å². The third-order valence-electron chi connectivity index (χ3n) is 8.35. The lowest BCUT2D eigenvalue weighted by molar-refractivity contribution is -0.143. The van der Waals surface area contributed by atoms with E-state index in [1.165, 1.54) is 11.1 Å². The van der Waals surface area contributed by atoms with E-state index in [2.05, 4.69) is 41.4 Å². The average Bonchev–Trinajstić information content (AvgIpc) is 3.32. The largest absolute Gasteiger partial charge is 0.416 e. The van der Waals surface area contributed by atoms with Crippen LogP contribution in [0.25, 0.3) is 0 Å². The van der Waals surface area contributed by atoms with Gasteiger partial charge in [-0.2, -0.15) is 26.3 Å². The molecule has 1 saturated carbocycles. The topological polar surface area (TPSA) is 52.6 Å². The van der Waals surface area contributed by atoms with Crippen LogP contribution in [0.15, 0.2) is 42.5 Å². The van der Waals surface area contributed by atoms with Crippen LogP contribution in [0.1, 0.15) is 72.3 Å². The zero-order chi connectivity index (χ0) is 28.4. The number of aliphatic hydroxyl groups is 1. The van der Waals surface area contributed by atoms with Gasteiger partial charge in [-0.1, -0.05) is 29.8 Å². The van der Waals surface area contributed by atoms with E-state index in [0.29, 0.717) is 30.9 Å². The Labute approximate surface area is 224 Å². The molecule has 10 heteroatoms. The molecule has 1 aliphatic heterocycles. The predicted molar refractivity (Wildman–Crippen MR) is 135 cm³/mol. The Hall–Kier alpha value is -2.59. The first-order chi connectivity index (χ1) is 18.3. The summed E-state index contributed by atoms with van der Waals surface area (Å²) in [6.45, 7) is 3.11. The Morgan fingerprint density at radius 1 is 0.974 bits per heavy atom. The van der Waals surface area contributed by atoms with Crippen molar-refractivity contribution in [2.24, 2.45) is 5.41 Å². The van der Waals surface area contributed by atoms with Gasteiger partial charge >= 0.3 is 12.4 Å². The summed E-state index contributed by atoms with van der Waals surface area (Å²) in [4.78, 5) is 15.7. The number of carbonyl (C=O) groups is 1. The van der Waals surface area contributed by atoms with E-state index in [1.807, 2.05) is 0 Å². The highest BCUT2D eigenvalue weighted by Crippen LogP contribution is 2.45. The molecule has 0 bridgehead atoms. The molecule has 214 valence electrons. The highest BCUT2D eigenvalue weighted by atomic mass is 19.4. The summed E-state index contributed by atoms with van der Waals surface area (Å²) < 4.78 is 79.3. The van der Waals surface area contributed by atoms with Gasteiger partial charge in [0.25, 0.3) is 0 Å². The Balaban J connectivity index is 1.40. The number of alkyl halides is 6. The highest BCUT2D eigenvalue weighted by molar-refractivity contribution is 5.83. The Morgan fingerprint density at radius 2 is 1.56 bits per heavy atom. The van der Waals surface area contributed by atoms with E-state index in [0.717, 1.165) is 32.4 Å². The maximum absolute atomic E-state index is 13.3. The molecule has 0 spiro atoms. The minimum atomic E-state index is -4.95. The van der Waals surface area contributed by atoms with Crippen molar-refractivity contribution in [3.8, 4) is 0 Å². The van der Waals surface area contributed by atoms with Crippen molar-refractivity contribution in [1.82, 2.24) is 10.2 Å². The number of aryl methyl sites for hydroxylation is 1. The molecule has 1 heterocycles. The number of amides is 1. The third-order valence-corrected chi connectivity index (χ3v) is 8.35. The van der Waals surface area contributed by atoms with Crippen LogP contribution >= 0.6 is 0 Å². The molecule has 2 fully saturated rings. The smallest absolute Gasteiger partial charge is 0.396 e. The number of carbonyl (C=O) groups excluding carboxylic acids is 1. The molecule has 2 aromatic carbocycles. The van der Waals surface area contributed by atoms with Crippen LogP contribution in [-0.2, 0) is 23.7 Å². The molecule has 1 saturated heterocycles. The van der Waals surface area contributed by atoms with Crippen molar-refractivity contribution in [1.29, 1.82) is 0 Å². The second-order valence-corrected chi connectivity index (χ2v) is 11.0. The number of hydrogen-bond donors (Lipinski definition) is 2. The van der Waals surface area contributed by atoms with Crippen molar-refractivity contribution in [3.05, 3.63) is 70.3 Å². The van der Waals surface area contributed by atoms with Crippen LogP contribution in [0.5, 0.6) is 0 Å². The molecule has 1 amide bonds. The Kier molecular flexibility index (Phi) is 8.66. The van der Waals surface area contributed by atoms with E-state index >= 15 is 0 Å². The first-order valence-electron chi connectivity index (χ1n) is 13.3. The molecule has 39 heavy (non-hydrogen) atoms. The summed E-state index contributed by atoms with van der Waals surface area (Å²) in [5.41, 5.74) is -1.49. The van der Waals surface area contributed by atoms with Crippen LogP contribution in [0.4, 0.5) is 26.3 Å². The summed E-state index contributed by atoms with van der Waals surface area (Å²) in [6, 6.07) is 10.0. The zero-order valence-electron chi connectivity index (χ0n) is 21.8. The molecule has 2 aliphatic rings. The lowest BCUT2D eigenvalue weighted by Crippen LogP contribution is -2.43. The van der Waals surface area contributed by atoms with E-state index < -0.39 is 41.3 Å². The lowest BCUT2D eigenvalue weighted by Gasteiger charge is -2.37. The number of piperidine rings is 1. The summed E-state index contributed by atoms with van der Waals surface area (Å²) in [5.74, 6) is 0.0300. The van der Waals surface area contributed by atoms with Gasteiger partial charge in [-0.25, -0.2) is 0 Å². The number of hydrogen-bond acceptors (Lipinski definition) is 3. The molecule has 4 nitrogen and oxygen atoms in total. The van der Waals surface area contributed by atoms with Crippen LogP contribution < -0.4 is 5.32 Å². The first kappa shape index (κ1) is 29.4. The fourth-order valence-electron chi connectivity index (χ4n) is 6.10. The predicted octanol–water partition coefficient (Wildman–Crippen LogP) is 6.45. The van der Waals surface area contributed by atoms with Gasteiger partial charge in [0.05, 0.1) is 16.5 Å². The van der Waals surface area contributed by atoms with Crippen molar-refractivity contribution >= 4 is 5.91 Å². The highest BCUT2D eigenvalue weighted by Gasteiger charge is 2.46. The molecule has 1 aliphatic carbocycles. The van der Waals surface area contributed by atoms with Crippen molar-refractivity contribution in [2.75, 3.05) is 19.7 Å². The van der Waals surface area contributed by atoms with Crippen molar-refractivity contribution in [2.45, 2.75) is 76.3 Å². The molecule has 2 N–H and O–H groups in total. The van der Waals surface area contributed by atoms with E-state index in [4.69, 9.17) is 0 Å². The molecule has 2 aromatic rings. The number of aliphatic hydroxyl groups excluding tert-OH is 1. The minimum absolute atomic E-state index is 0.0716. The van der Waals surface area contributed by atoms with Crippen molar-refractivity contribution in [3.63, 3.8) is 0 Å². The normalized spacial score (nSPS) is 23.2. The maximum atomic E-state index is 13.3. The SMILES string of the molecule is Cc1ccc(C2CCN(C3CCC(CCO)(C(=O)NCc4cc(C(F)(F)F)cc(C(F)(F)F)c4)C3)CC2)cc1. The Bertz CT molecular complexity index is 1110. The summed E-state index contributed by atoms with van der Waals surface area (Å²) in [6.07, 6.45) is -6.00. The average molecular weight is 557 g/mol. The second-order valence-electron chi connectivity index (χ2n) is 11.0. The number of benzene rings is 2. The molecular weight excluding hydrogens is 522 g/mol. The molecule has 2 unspecified atom stereocenters. The van der Waals surface area contributed by atoms with Gasteiger partial charge in [0.15, 0.2) is 0 Å². The van der Waals surface area contributed by atoms with Crippen LogP contribution in [0.2, 0.25) is 0 Å². The monoisotopic (exact) mass is 556 g/mol. The molecule has 2 atom stereocenters. The van der Waals surface area contributed by atoms with Gasteiger partial charge in [0.1, 0.15) is 0 Å². The minimum Gasteiger partial charge on any atom is -0.396 e. The lowest BCUT2D eigenvalue weighted by atomic mass is 9.81. The number of nitrogens with one attached hydrogen (secondary N) is 1. The first-order valence-corrected chi connectivity index (χ1v) is 13.3. The standard InChI is InChI=1S/C29H34F6N2O2/c1-19-2-4-21(5-3-19)22-7-11-37(12-8-22)25-6-9-27(17-25,10-13-38)26(39)36-18-20-14-23(28(30,31)32)16-24(15-20)29(33,34)35/h2-5,14-16,22,25,38H,6-13,17-18H2,1H3,(H,36,39). The number of nitrogens with zero attached hydrogens (tertiary/aromatic N) is 1. The van der Waals surface area contributed by atoms with Gasteiger partial charge in [0, 0.05) is 19.2 Å².